The Labute approximate surface area is 135 Å². The van der Waals surface area contributed by atoms with E-state index in [2.05, 4.69) is 31.7 Å². The second-order valence-corrected chi connectivity index (χ2v) is 4.72. The highest BCUT2D eigenvalue weighted by molar-refractivity contribution is 7.80. The molecule has 1 rings (SSSR count). The standard InChI is InChI=1S/C13H18N6S2/c1-9(16-18-12(20)14-2)11(17-19-13(21)15-3)10-7-5-4-6-8-10/h4-8H,1-3H3,(H2,14,18,20)(H2,15,19,21). The van der Waals surface area contributed by atoms with Crippen molar-refractivity contribution in [3.63, 3.8) is 0 Å². The van der Waals surface area contributed by atoms with E-state index in [-0.39, 0.29) is 0 Å². The first-order valence-corrected chi connectivity index (χ1v) is 7.03. The van der Waals surface area contributed by atoms with Crippen LogP contribution in [0.2, 0.25) is 0 Å². The lowest BCUT2D eigenvalue weighted by atomic mass is 10.1. The third-order valence-corrected chi connectivity index (χ3v) is 3.03. The molecule has 0 unspecified atom stereocenters. The normalized spacial score (nSPS) is 11.6. The average Bonchev–Trinajstić information content (AvgIpc) is 2.53. The van der Waals surface area contributed by atoms with Crippen molar-refractivity contribution in [1.29, 1.82) is 0 Å². The van der Waals surface area contributed by atoms with Gasteiger partial charge in [-0.3, -0.25) is 10.9 Å². The minimum atomic E-state index is 0.426. The molecule has 0 aliphatic carbocycles. The smallest absolute Gasteiger partial charge is 0.186 e. The van der Waals surface area contributed by atoms with Crippen LogP contribution >= 0.6 is 24.4 Å². The maximum atomic E-state index is 5.02. The van der Waals surface area contributed by atoms with E-state index >= 15 is 0 Å². The third kappa shape index (κ3) is 5.84. The van der Waals surface area contributed by atoms with Gasteiger partial charge in [-0.2, -0.15) is 10.2 Å². The highest BCUT2D eigenvalue weighted by Gasteiger charge is 2.08. The van der Waals surface area contributed by atoms with Gasteiger partial charge in [0.25, 0.3) is 0 Å². The number of hydrogen-bond acceptors (Lipinski definition) is 4. The summed E-state index contributed by atoms with van der Waals surface area (Å²) in [6.45, 7) is 1.83. The number of hydrazone groups is 2. The Kier molecular flexibility index (Phi) is 7.27. The molecule has 6 nitrogen and oxygen atoms in total. The molecule has 0 saturated heterocycles. The summed E-state index contributed by atoms with van der Waals surface area (Å²) in [6, 6.07) is 9.69. The first-order chi connectivity index (χ1) is 10.1. The van der Waals surface area contributed by atoms with Gasteiger partial charge in [-0.15, -0.1) is 0 Å². The van der Waals surface area contributed by atoms with Crippen LogP contribution in [0.1, 0.15) is 12.5 Å². The van der Waals surface area contributed by atoms with Gasteiger partial charge in [0.1, 0.15) is 5.71 Å². The minimum absolute atomic E-state index is 0.426. The van der Waals surface area contributed by atoms with Crippen molar-refractivity contribution in [2.24, 2.45) is 10.2 Å². The second-order valence-electron chi connectivity index (χ2n) is 3.91. The Bertz CT molecular complexity index is 553. The number of rotatable bonds is 4. The molecule has 112 valence electrons. The van der Waals surface area contributed by atoms with Gasteiger partial charge in [-0.1, -0.05) is 30.3 Å². The Balaban J connectivity index is 3.02. The fourth-order valence-electron chi connectivity index (χ4n) is 1.36. The molecule has 0 fully saturated rings. The minimum Gasteiger partial charge on any atom is -0.364 e. The van der Waals surface area contributed by atoms with Gasteiger partial charge in [0.15, 0.2) is 10.2 Å². The van der Waals surface area contributed by atoms with Crippen molar-refractivity contribution in [3.05, 3.63) is 35.9 Å². The Morgan fingerprint density at radius 3 is 1.95 bits per heavy atom. The molecule has 0 heterocycles. The third-order valence-electron chi connectivity index (χ3n) is 2.44. The molecule has 0 amide bonds. The highest BCUT2D eigenvalue weighted by atomic mass is 32.1. The molecule has 1 aromatic rings. The molecule has 0 saturated carbocycles. The van der Waals surface area contributed by atoms with Crippen LogP contribution in [0.15, 0.2) is 40.5 Å². The maximum Gasteiger partial charge on any atom is 0.186 e. The molecule has 8 heteroatoms. The molecule has 0 aliphatic rings. The first-order valence-electron chi connectivity index (χ1n) is 6.21. The van der Waals surface area contributed by atoms with Crippen LogP contribution < -0.4 is 21.5 Å². The topological polar surface area (TPSA) is 72.8 Å². The maximum absolute atomic E-state index is 5.02. The monoisotopic (exact) mass is 322 g/mol. The van der Waals surface area contributed by atoms with Crippen LogP contribution in [-0.4, -0.2) is 35.7 Å². The molecule has 0 aliphatic heterocycles. The average molecular weight is 322 g/mol. The molecular weight excluding hydrogens is 304 g/mol. The van der Waals surface area contributed by atoms with Gasteiger partial charge in [-0.05, 0) is 31.4 Å². The summed E-state index contributed by atoms with van der Waals surface area (Å²) < 4.78 is 0. The largest absolute Gasteiger partial charge is 0.364 e. The number of thiocarbonyl (C=S) groups is 2. The Morgan fingerprint density at radius 2 is 1.43 bits per heavy atom. The van der Waals surface area contributed by atoms with Crippen LogP contribution in [0.4, 0.5) is 0 Å². The lowest BCUT2D eigenvalue weighted by Crippen LogP contribution is -2.32. The van der Waals surface area contributed by atoms with Crippen LogP contribution in [0, 0.1) is 0 Å². The van der Waals surface area contributed by atoms with Crippen LogP contribution in [0.25, 0.3) is 0 Å². The van der Waals surface area contributed by atoms with Crippen molar-refractivity contribution < 1.29 is 0 Å². The highest BCUT2D eigenvalue weighted by Crippen LogP contribution is 2.02. The fraction of sp³-hybridized carbons (Fsp3) is 0.231. The molecule has 0 atom stereocenters. The molecule has 21 heavy (non-hydrogen) atoms. The molecule has 0 aromatic heterocycles. The van der Waals surface area contributed by atoms with Gasteiger partial charge in [-0.25, -0.2) is 0 Å². The quantitative estimate of drug-likeness (QED) is 0.376. The predicted octanol–water partition coefficient (Wildman–Crippen LogP) is 0.954. The summed E-state index contributed by atoms with van der Waals surface area (Å²) in [6.07, 6.45) is 0. The van der Waals surface area contributed by atoms with Crippen molar-refractivity contribution in [2.75, 3.05) is 14.1 Å². The first kappa shape index (κ1) is 17.0. The lowest BCUT2D eigenvalue weighted by Gasteiger charge is -2.09. The molecule has 0 spiro atoms. The van der Waals surface area contributed by atoms with E-state index in [0.29, 0.717) is 21.6 Å². The van der Waals surface area contributed by atoms with E-state index < -0.39 is 0 Å². The van der Waals surface area contributed by atoms with Gasteiger partial charge in [0.2, 0.25) is 0 Å². The zero-order valence-electron chi connectivity index (χ0n) is 12.1. The van der Waals surface area contributed by atoms with Gasteiger partial charge in [0.05, 0.1) is 5.71 Å². The Hall–Kier alpha value is -2.06. The molecule has 0 bridgehead atoms. The number of nitrogens with one attached hydrogen (secondary N) is 4. The van der Waals surface area contributed by atoms with E-state index in [9.17, 15) is 0 Å². The van der Waals surface area contributed by atoms with E-state index in [1.165, 1.54) is 0 Å². The van der Waals surface area contributed by atoms with Crippen LogP contribution in [-0.2, 0) is 0 Å². The number of benzene rings is 1. The van der Waals surface area contributed by atoms with Crippen molar-refractivity contribution in [1.82, 2.24) is 21.5 Å². The summed E-state index contributed by atoms with van der Waals surface area (Å²) in [5.41, 5.74) is 7.76. The summed E-state index contributed by atoms with van der Waals surface area (Å²) >= 11 is 10.0. The summed E-state index contributed by atoms with van der Waals surface area (Å²) in [5.74, 6) is 0. The number of hydrogen-bond donors (Lipinski definition) is 4. The molecular formula is C13H18N6S2. The van der Waals surface area contributed by atoms with E-state index in [1.54, 1.807) is 14.1 Å². The van der Waals surface area contributed by atoms with E-state index in [0.717, 1.165) is 5.56 Å². The van der Waals surface area contributed by atoms with Crippen molar-refractivity contribution >= 4 is 46.1 Å². The van der Waals surface area contributed by atoms with E-state index in [1.807, 2.05) is 37.3 Å². The summed E-state index contributed by atoms with van der Waals surface area (Å²) in [5, 5.41) is 14.9. The summed E-state index contributed by atoms with van der Waals surface area (Å²) in [4.78, 5) is 0. The molecule has 1 aromatic carbocycles. The van der Waals surface area contributed by atoms with Gasteiger partial charge in [0, 0.05) is 19.7 Å². The van der Waals surface area contributed by atoms with E-state index in [4.69, 9.17) is 24.4 Å². The van der Waals surface area contributed by atoms with Gasteiger partial charge < -0.3 is 10.6 Å². The fourth-order valence-corrected chi connectivity index (χ4v) is 1.45. The SMILES string of the molecule is CNC(=S)NN=C(C)C(=NNC(=S)NC)c1ccccc1. The van der Waals surface area contributed by atoms with Crippen LogP contribution in [0.3, 0.4) is 0 Å². The van der Waals surface area contributed by atoms with Crippen molar-refractivity contribution in [2.45, 2.75) is 6.92 Å². The predicted molar refractivity (Wildman–Crippen MR) is 95.7 cm³/mol. The molecule has 0 radical (unpaired) electrons. The molecule has 4 N–H and O–H groups in total. The van der Waals surface area contributed by atoms with Crippen LogP contribution in [0.5, 0.6) is 0 Å². The zero-order chi connectivity index (χ0) is 15.7. The Morgan fingerprint density at radius 1 is 0.905 bits per heavy atom. The second kappa shape index (κ2) is 8.98. The van der Waals surface area contributed by atoms with Gasteiger partial charge >= 0.3 is 0 Å². The lowest BCUT2D eigenvalue weighted by molar-refractivity contribution is 0.966. The summed E-state index contributed by atoms with van der Waals surface area (Å²) in [7, 11) is 3.44. The zero-order valence-corrected chi connectivity index (χ0v) is 13.7. The number of nitrogens with zero attached hydrogens (tertiary/aromatic N) is 2. The van der Waals surface area contributed by atoms with Crippen molar-refractivity contribution in [3.8, 4) is 0 Å².